The highest BCUT2D eigenvalue weighted by Gasteiger charge is 2.43. The summed E-state index contributed by atoms with van der Waals surface area (Å²) >= 11 is 0.943. The number of carbonyl (C=O) groups is 1. The standard InChI is InChI=1S/C18H24F3NO2S/c1-6-12-8-10-13(11-9-12)22-15(25-17(3,4)5)14(18(19,20)21)16(23)24-7-2/h8-11,22H,6-7H2,1-5H3/b15-14-. The minimum Gasteiger partial charge on any atom is -0.462 e. The molecule has 0 bridgehead atoms. The first-order valence-corrected chi connectivity index (χ1v) is 8.83. The van der Waals surface area contributed by atoms with Gasteiger partial charge in [-0.05, 0) is 31.0 Å². The highest BCUT2D eigenvalue weighted by Crippen LogP contribution is 2.39. The zero-order valence-electron chi connectivity index (χ0n) is 15.1. The Morgan fingerprint density at radius 2 is 1.68 bits per heavy atom. The predicted octanol–water partition coefficient (Wildman–Crippen LogP) is 5.53. The number of rotatable bonds is 6. The van der Waals surface area contributed by atoms with Gasteiger partial charge in [-0.1, -0.05) is 39.8 Å². The molecule has 1 aromatic carbocycles. The van der Waals surface area contributed by atoms with E-state index in [2.05, 4.69) is 10.1 Å². The number of esters is 1. The number of halogens is 3. The van der Waals surface area contributed by atoms with Crippen molar-refractivity contribution < 1.29 is 22.7 Å². The van der Waals surface area contributed by atoms with Crippen LogP contribution < -0.4 is 5.32 Å². The van der Waals surface area contributed by atoms with Crippen LogP contribution in [0.4, 0.5) is 18.9 Å². The average molecular weight is 375 g/mol. The van der Waals surface area contributed by atoms with E-state index in [1.807, 2.05) is 19.1 Å². The Labute approximate surface area is 151 Å². The first kappa shape index (κ1) is 21.4. The molecule has 0 unspecified atom stereocenters. The van der Waals surface area contributed by atoms with Gasteiger partial charge in [0, 0.05) is 10.4 Å². The van der Waals surface area contributed by atoms with Crippen LogP contribution in [0.2, 0.25) is 0 Å². The van der Waals surface area contributed by atoms with Gasteiger partial charge in [-0.15, -0.1) is 11.8 Å². The molecule has 7 heteroatoms. The lowest BCUT2D eigenvalue weighted by atomic mass is 10.1. The van der Waals surface area contributed by atoms with E-state index in [1.165, 1.54) is 6.92 Å². The number of alkyl halides is 3. The molecule has 1 aromatic rings. The van der Waals surface area contributed by atoms with Gasteiger partial charge in [-0.25, -0.2) is 4.79 Å². The van der Waals surface area contributed by atoms with E-state index in [-0.39, 0.29) is 11.6 Å². The lowest BCUT2D eigenvalue weighted by Crippen LogP contribution is -2.27. The van der Waals surface area contributed by atoms with E-state index < -0.39 is 22.5 Å². The molecule has 3 nitrogen and oxygen atoms in total. The first-order valence-electron chi connectivity index (χ1n) is 8.01. The Balaban J connectivity index is 3.37. The third-order valence-electron chi connectivity index (χ3n) is 3.02. The van der Waals surface area contributed by atoms with Gasteiger partial charge in [-0.3, -0.25) is 0 Å². The zero-order valence-corrected chi connectivity index (χ0v) is 15.9. The number of benzene rings is 1. The molecule has 0 saturated heterocycles. The van der Waals surface area contributed by atoms with E-state index in [0.717, 1.165) is 23.7 Å². The normalized spacial score (nSPS) is 13.3. The minimum atomic E-state index is -4.82. The van der Waals surface area contributed by atoms with Crippen molar-refractivity contribution in [2.24, 2.45) is 0 Å². The molecule has 0 amide bonds. The summed E-state index contributed by atoms with van der Waals surface area (Å²) in [7, 11) is 0. The van der Waals surface area contributed by atoms with Gasteiger partial charge >= 0.3 is 12.1 Å². The van der Waals surface area contributed by atoms with E-state index in [1.54, 1.807) is 32.9 Å². The molecule has 140 valence electrons. The minimum absolute atomic E-state index is 0.128. The van der Waals surface area contributed by atoms with Gasteiger partial charge in [0.25, 0.3) is 0 Å². The van der Waals surface area contributed by atoms with Crippen LogP contribution in [-0.4, -0.2) is 23.5 Å². The summed E-state index contributed by atoms with van der Waals surface area (Å²) < 4.78 is 44.7. The van der Waals surface area contributed by atoms with E-state index >= 15 is 0 Å². The second-order valence-corrected chi connectivity index (χ2v) is 8.15. The molecular formula is C18H24F3NO2S. The lowest BCUT2D eigenvalue weighted by Gasteiger charge is -2.24. The first-order chi connectivity index (χ1) is 11.5. The average Bonchev–Trinajstić information content (AvgIpc) is 2.45. The van der Waals surface area contributed by atoms with Crippen LogP contribution in [0.25, 0.3) is 0 Å². The molecule has 0 saturated carbocycles. The summed E-state index contributed by atoms with van der Waals surface area (Å²) in [5.74, 6) is -1.38. The molecule has 0 fully saturated rings. The Hall–Kier alpha value is -1.63. The van der Waals surface area contributed by atoms with Crippen molar-refractivity contribution in [1.82, 2.24) is 0 Å². The number of hydrogen-bond acceptors (Lipinski definition) is 4. The van der Waals surface area contributed by atoms with Crippen LogP contribution in [-0.2, 0) is 16.0 Å². The molecule has 1 N–H and O–H groups in total. The van der Waals surface area contributed by atoms with Gasteiger partial charge in [0.1, 0.15) is 0 Å². The summed E-state index contributed by atoms with van der Waals surface area (Å²) in [5.41, 5.74) is 0.241. The number of anilines is 1. The Bertz CT molecular complexity index is 617. The Kier molecular flexibility index (Phi) is 7.41. The third kappa shape index (κ3) is 7.02. The molecule has 0 aliphatic carbocycles. The second kappa shape index (κ2) is 8.65. The van der Waals surface area contributed by atoms with Crippen LogP contribution in [0.5, 0.6) is 0 Å². The molecule has 1 rings (SSSR count). The number of hydrogen-bond donors (Lipinski definition) is 1. The van der Waals surface area contributed by atoms with Crippen molar-refractivity contribution in [2.75, 3.05) is 11.9 Å². The maximum Gasteiger partial charge on any atom is 0.425 e. The summed E-state index contributed by atoms with van der Waals surface area (Å²) in [5, 5.41) is 2.49. The fourth-order valence-electron chi connectivity index (χ4n) is 1.94. The summed E-state index contributed by atoms with van der Waals surface area (Å²) in [4.78, 5) is 12.0. The van der Waals surface area contributed by atoms with Gasteiger partial charge in [-0.2, -0.15) is 13.2 Å². The predicted molar refractivity (Wildman–Crippen MR) is 96.5 cm³/mol. The van der Waals surface area contributed by atoms with Crippen LogP contribution >= 0.6 is 11.8 Å². The van der Waals surface area contributed by atoms with Gasteiger partial charge in [0.05, 0.1) is 11.6 Å². The smallest absolute Gasteiger partial charge is 0.425 e. The monoisotopic (exact) mass is 375 g/mol. The molecule has 0 aliphatic heterocycles. The number of aryl methyl sites for hydroxylation is 1. The molecule has 0 heterocycles. The van der Waals surface area contributed by atoms with Crippen molar-refractivity contribution >= 4 is 23.4 Å². The maximum absolute atomic E-state index is 13.5. The molecule has 0 radical (unpaired) electrons. The Morgan fingerprint density at radius 3 is 2.08 bits per heavy atom. The molecule has 25 heavy (non-hydrogen) atoms. The fourth-order valence-corrected chi connectivity index (χ4v) is 3.02. The molecule has 0 aromatic heterocycles. The molecular weight excluding hydrogens is 351 g/mol. The topological polar surface area (TPSA) is 38.3 Å². The van der Waals surface area contributed by atoms with Gasteiger partial charge < -0.3 is 10.1 Å². The molecule has 0 atom stereocenters. The van der Waals surface area contributed by atoms with Crippen molar-refractivity contribution in [1.29, 1.82) is 0 Å². The number of thioether (sulfide) groups is 1. The fraction of sp³-hybridized carbons (Fsp3) is 0.500. The van der Waals surface area contributed by atoms with Crippen LogP contribution in [0, 0.1) is 0 Å². The number of ether oxygens (including phenoxy) is 1. The zero-order chi connectivity index (χ0) is 19.3. The highest BCUT2D eigenvalue weighted by molar-refractivity contribution is 8.04. The molecule has 0 aliphatic rings. The Morgan fingerprint density at radius 1 is 1.12 bits per heavy atom. The summed E-state index contributed by atoms with van der Waals surface area (Å²) in [6, 6.07) is 7.06. The number of nitrogens with one attached hydrogen (secondary N) is 1. The van der Waals surface area contributed by atoms with Crippen LogP contribution in [0.3, 0.4) is 0 Å². The maximum atomic E-state index is 13.5. The lowest BCUT2D eigenvalue weighted by molar-refractivity contribution is -0.150. The van der Waals surface area contributed by atoms with E-state index in [9.17, 15) is 18.0 Å². The number of carbonyl (C=O) groups excluding carboxylic acids is 1. The van der Waals surface area contributed by atoms with Crippen molar-refractivity contribution in [3.8, 4) is 0 Å². The summed E-state index contributed by atoms with van der Waals surface area (Å²) in [6.07, 6.45) is -3.99. The van der Waals surface area contributed by atoms with Gasteiger partial charge in [0.15, 0.2) is 5.57 Å². The largest absolute Gasteiger partial charge is 0.462 e. The van der Waals surface area contributed by atoms with E-state index in [0.29, 0.717) is 5.69 Å². The quantitative estimate of drug-likeness (QED) is 0.524. The van der Waals surface area contributed by atoms with Crippen molar-refractivity contribution in [2.45, 2.75) is 52.0 Å². The van der Waals surface area contributed by atoms with Crippen molar-refractivity contribution in [3.05, 3.63) is 40.4 Å². The highest BCUT2D eigenvalue weighted by atomic mass is 32.2. The SMILES string of the molecule is CCOC(=O)/C(=C(\Nc1ccc(CC)cc1)SC(C)(C)C)C(F)(F)F. The molecule has 0 spiro atoms. The van der Waals surface area contributed by atoms with Gasteiger partial charge in [0.2, 0.25) is 0 Å². The van der Waals surface area contributed by atoms with Crippen molar-refractivity contribution in [3.63, 3.8) is 0 Å². The van der Waals surface area contributed by atoms with Crippen LogP contribution in [0.1, 0.15) is 40.2 Å². The third-order valence-corrected chi connectivity index (χ3v) is 4.14. The van der Waals surface area contributed by atoms with Crippen LogP contribution in [0.15, 0.2) is 34.9 Å². The second-order valence-electron chi connectivity index (χ2n) is 6.31. The van der Waals surface area contributed by atoms with E-state index in [4.69, 9.17) is 0 Å². The summed E-state index contributed by atoms with van der Waals surface area (Å²) in [6.45, 7) is 8.66.